The number of hydrogen-bond acceptors (Lipinski definition) is 6. The summed E-state index contributed by atoms with van der Waals surface area (Å²) < 4.78 is 17.3. The van der Waals surface area contributed by atoms with Crippen molar-refractivity contribution in [1.29, 1.82) is 5.26 Å². The maximum atomic E-state index is 13.5. The number of aromatic nitrogens is 5. The topological polar surface area (TPSA) is 101 Å². The molecule has 0 aliphatic heterocycles. The predicted octanol–water partition coefficient (Wildman–Crippen LogP) is 4.82. The van der Waals surface area contributed by atoms with Gasteiger partial charge in [0.05, 0.1) is 11.3 Å². The van der Waals surface area contributed by atoms with E-state index in [9.17, 15) is 14.4 Å². The van der Waals surface area contributed by atoms with Gasteiger partial charge in [-0.05, 0) is 68.7 Å². The third-order valence-corrected chi connectivity index (χ3v) is 6.96. The molecule has 8 nitrogen and oxygen atoms in total. The van der Waals surface area contributed by atoms with Crippen LogP contribution in [0.1, 0.15) is 35.7 Å². The molecule has 0 saturated heterocycles. The van der Waals surface area contributed by atoms with Crippen LogP contribution in [0, 0.1) is 31.0 Å². The molecule has 0 bridgehead atoms. The molecule has 1 amide bonds. The first-order valence-corrected chi connectivity index (χ1v) is 12.1. The number of thioether (sulfide) groups is 1. The molecule has 0 radical (unpaired) electrons. The number of nitrogens with one attached hydrogen (secondary N) is 1. The standard InChI is InChI=1S/C25H22FN7OS/c1-15-16(2)32(19-5-3-18(26)4-6-19)24(21(15)13-27)29-22(34)14-35-25-31-30-23(33(25)20-7-8-20)17-9-11-28-12-10-17/h3-6,9-12,20H,7-8,14H2,1-2H3,(H,29,34). The number of anilines is 1. The molecule has 4 aromatic rings. The van der Waals surface area contributed by atoms with E-state index in [1.165, 1.54) is 23.9 Å². The molecule has 5 rings (SSSR count). The third-order valence-electron chi connectivity index (χ3n) is 6.02. The highest BCUT2D eigenvalue weighted by Gasteiger charge is 2.30. The number of benzene rings is 1. The Morgan fingerprint density at radius 3 is 2.54 bits per heavy atom. The Kier molecular flexibility index (Phi) is 6.09. The number of amides is 1. The van der Waals surface area contributed by atoms with Gasteiger partial charge in [-0.15, -0.1) is 10.2 Å². The average molecular weight is 488 g/mol. The minimum absolute atomic E-state index is 0.0960. The summed E-state index contributed by atoms with van der Waals surface area (Å²) in [6.07, 6.45) is 5.53. The van der Waals surface area contributed by atoms with Crippen LogP contribution in [0.15, 0.2) is 53.9 Å². The molecule has 0 atom stereocenters. The van der Waals surface area contributed by atoms with Crippen molar-refractivity contribution < 1.29 is 9.18 Å². The van der Waals surface area contributed by atoms with Crippen LogP contribution in [0.25, 0.3) is 17.1 Å². The largest absolute Gasteiger partial charge is 0.310 e. The Balaban J connectivity index is 1.39. The second kappa shape index (κ2) is 9.35. The molecule has 1 aliphatic rings. The van der Waals surface area contributed by atoms with Crippen molar-refractivity contribution in [2.75, 3.05) is 11.1 Å². The van der Waals surface area contributed by atoms with Crippen molar-refractivity contribution in [3.05, 3.63) is 71.4 Å². The van der Waals surface area contributed by atoms with Crippen molar-refractivity contribution in [2.45, 2.75) is 37.9 Å². The van der Waals surface area contributed by atoms with Gasteiger partial charge >= 0.3 is 0 Å². The molecular formula is C25H22FN7OS. The number of pyridine rings is 1. The summed E-state index contributed by atoms with van der Waals surface area (Å²) in [5, 5.41) is 22.0. The molecule has 3 heterocycles. The molecule has 1 saturated carbocycles. The fourth-order valence-electron chi connectivity index (χ4n) is 4.01. The molecule has 1 aromatic carbocycles. The van der Waals surface area contributed by atoms with E-state index in [4.69, 9.17) is 0 Å². The van der Waals surface area contributed by atoms with Crippen LogP contribution in [0.3, 0.4) is 0 Å². The van der Waals surface area contributed by atoms with Gasteiger partial charge in [-0.3, -0.25) is 18.9 Å². The van der Waals surface area contributed by atoms with Crippen LogP contribution in [0.5, 0.6) is 0 Å². The maximum Gasteiger partial charge on any atom is 0.236 e. The van der Waals surface area contributed by atoms with Crippen molar-refractivity contribution in [1.82, 2.24) is 24.3 Å². The summed E-state index contributed by atoms with van der Waals surface area (Å²) in [6.45, 7) is 3.69. The summed E-state index contributed by atoms with van der Waals surface area (Å²) in [5.74, 6) is 0.604. The van der Waals surface area contributed by atoms with Gasteiger partial charge in [-0.1, -0.05) is 11.8 Å². The Bertz CT molecular complexity index is 1430. The monoisotopic (exact) mass is 487 g/mol. The Morgan fingerprint density at radius 2 is 1.89 bits per heavy atom. The normalized spacial score (nSPS) is 13.0. The highest BCUT2D eigenvalue weighted by molar-refractivity contribution is 7.99. The van der Waals surface area contributed by atoms with E-state index in [1.54, 1.807) is 29.1 Å². The Labute approximate surface area is 205 Å². The number of rotatable bonds is 7. The molecule has 3 aromatic heterocycles. The molecule has 1 N–H and O–H groups in total. The van der Waals surface area contributed by atoms with E-state index in [0.717, 1.165) is 35.5 Å². The van der Waals surface area contributed by atoms with Gasteiger partial charge in [0.1, 0.15) is 17.7 Å². The van der Waals surface area contributed by atoms with E-state index < -0.39 is 0 Å². The zero-order valence-corrected chi connectivity index (χ0v) is 20.0. The van der Waals surface area contributed by atoms with Gasteiger partial charge in [0.15, 0.2) is 11.0 Å². The number of hydrogen-bond donors (Lipinski definition) is 1. The zero-order chi connectivity index (χ0) is 24.5. The smallest absolute Gasteiger partial charge is 0.236 e. The molecular weight excluding hydrogens is 465 g/mol. The number of nitrogens with zero attached hydrogens (tertiary/aromatic N) is 6. The van der Waals surface area contributed by atoms with Gasteiger partial charge in [0.25, 0.3) is 0 Å². The number of carbonyl (C=O) groups excluding carboxylic acids is 1. The lowest BCUT2D eigenvalue weighted by molar-refractivity contribution is -0.113. The van der Waals surface area contributed by atoms with E-state index in [1.807, 2.05) is 26.0 Å². The molecule has 176 valence electrons. The van der Waals surface area contributed by atoms with Crippen LogP contribution in [0.4, 0.5) is 10.2 Å². The van der Waals surface area contributed by atoms with Crippen LogP contribution in [-0.2, 0) is 4.79 Å². The van der Waals surface area contributed by atoms with Crippen molar-refractivity contribution in [3.63, 3.8) is 0 Å². The average Bonchev–Trinajstić information content (AvgIpc) is 3.57. The summed E-state index contributed by atoms with van der Waals surface area (Å²) in [4.78, 5) is 17.1. The molecule has 0 spiro atoms. The van der Waals surface area contributed by atoms with Crippen LogP contribution in [-0.4, -0.2) is 36.0 Å². The fourth-order valence-corrected chi connectivity index (χ4v) is 4.81. The summed E-state index contributed by atoms with van der Waals surface area (Å²) >= 11 is 1.31. The van der Waals surface area contributed by atoms with E-state index in [-0.39, 0.29) is 17.5 Å². The van der Waals surface area contributed by atoms with Crippen molar-refractivity contribution in [2.24, 2.45) is 0 Å². The lowest BCUT2D eigenvalue weighted by Gasteiger charge is -2.13. The minimum Gasteiger partial charge on any atom is -0.310 e. The van der Waals surface area contributed by atoms with Crippen LogP contribution >= 0.6 is 11.8 Å². The first-order chi connectivity index (χ1) is 17.0. The summed E-state index contributed by atoms with van der Waals surface area (Å²) in [7, 11) is 0. The lowest BCUT2D eigenvalue weighted by atomic mass is 10.2. The molecule has 1 aliphatic carbocycles. The first-order valence-electron chi connectivity index (χ1n) is 11.1. The van der Waals surface area contributed by atoms with E-state index in [0.29, 0.717) is 28.3 Å². The van der Waals surface area contributed by atoms with E-state index in [2.05, 4.69) is 31.1 Å². The molecule has 1 fully saturated rings. The highest BCUT2D eigenvalue weighted by Crippen LogP contribution is 2.41. The van der Waals surface area contributed by atoms with Gasteiger partial charge < -0.3 is 5.32 Å². The maximum absolute atomic E-state index is 13.5. The van der Waals surface area contributed by atoms with Crippen LogP contribution in [0.2, 0.25) is 0 Å². The molecule has 0 unspecified atom stereocenters. The number of carbonyl (C=O) groups is 1. The summed E-state index contributed by atoms with van der Waals surface area (Å²) in [5.41, 5.74) is 3.53. The SMILES string of the molecule is Cc1c(C#N)c(NC(=O)CSc2nnc(-c3ccncc3)n2C2CC2)n(-c2ccc(F)cc2)c1C. The second-order valence-corrected chi connectivity index (χ2v) is 9.28. The highest BCUT2D eigenvalue weighted by atomic mass is 32.2. The van der Waals surface area contributed by atoms with Gasteiger partial charge in [0, 0.05) is 35.4 Å². The third kappa shape index (κ3) is 4.42. The van der Waals surface area contributed by atoms with Gasteiger partial charge in [-0.2, -0.15) is 5.26 Å². The quantitative estimate of drug-likeness (QED) is 0.375. The molecule has 35 heavy (non-hydrogen) atoms. The molecule has 10 heteroatoms. The number of nitriles is 1. The predicted molar refractivity (Wildman–Crippen MR) is 131 cm³/mol. The number of halogens is 1. The van der Waals surface area contributed by atoms with Crippen LogP contribution < -0.4 is 5.32 Å². The van der Waals surface area contributed by atoms with Gasteiger partial charge in [0.2, 0.25) is 5.91 Å². The summed E-state index contributed by atoms with van der Waals surface area (Å²) in [6, 6.07) is 12.2. The van der Waals surface area contributed by atoms with Gasteiger partial charge in [-0.25, -0.2) is 4.39 Å². The van der Waals surface area contributed by atoms with Crippen molar-refractivity contribution in [3.8, 4) is 23.1 Å². The fraction of sp³-hybridized carbons (Fsp3) is 0.240. The van der Waals surface area contributed by atoms with Crippen molar-refractivity contribution >= 4 is 23.5 Å². The second-order valence-electron chi connectivity index (χ2n) is 8.34. The minimum atomic E-state index is -0.358. The lowest BCUT2D eigenvalue weighted by Crippen LogP contribution is -2.18. The first kappa shape index (κ1) is 22.8. The Hall–Kier alpha value is -3.97. The Morgan fingerprint density at radius 1 is 1.17 bits per heavy atom. The van der Waals surface area contributed by atoms with E-state index >= 15 is 0 Å². The zero-order valence-electron chi connectivity index (χ0n) is 19.2.